The molecule has 0 spiro atoms. The van der Waals surface area contributed by atoms with E-state index < -0.39 is 5.60 Å². The smallest absolute Gasteiger partial charge is 0.407 e. The molecule has 2 N–H and O–H groups in total. The lowest BCUT2D eigenvalue weighted by molar-refractivity contribution is 0.0507. The Morgan fingerprint density at radius 3 is 2.79 bits per heavy atom. The molecular formula is C21H30IN5O2. The molecule has 1 aliphatic heterocycles. The van der Waals surface area contributed by atoms with Crippen LogP contribution in [0.15, 0.2) is 41.5 Å². The molecule has 0 saturated carbocycles. The number of carbonyl (C=O) groups is 1. The quantitative estimate of drug-likeness (QED) is 0.375. The number of hydrogen-bond donors (Lipinski definition) is 2. The van der Waals surface area contributed by atoms with Crippen LogP contribution in [-0.2, 0) is 11.3 Å². The maximum absolute atomic E-state index is 12.0. The van der Waals surface area contributed by atoms with Gasteiger partial charge in [0.05, 0.1) is 18.3 Å². The van der Waals surface area contributed by atoms with Crippen LogP contribution < -0.4 is 10.6 Å². The van der Waals surface area contributed by atoms with Gasteiger partial charge in [-0.2, -0.15) is 0 Å². The topological polar surface area (TPSA) is 78.9 Å². The molecule has 1 amide bonds. The van der Waals surface area contributed by atoms with Gasteiger partial charge in [-0.05, 0) is 38.6 Å². The monoisotopic (exact) mass is 511 g/mol. The van der Waals surface area contributed by atoms with Gasteiger partial charge in [0.1, 0.15) is 5.60 Å². The van der Waals surface area contributed by atoms with Crippen molar-refractivity contribution in [3.05, 3.63) is 42.2 Å². The van der Waals surface area contributed by atoms with Crippen LogP contribution in [0.4, 0.5) is 4.79 Å². The summed E-state index contributed by atoms with van der Waals surface area (Å²) in [7, 11) is 1.77. The molecule has 7 nitrogen and oxygen atoms in total. The van der Waals surface area contributed by atoms with Gasteiger partial charge in [0.2, 0.25) is 0 Å². The van der Waals surface area contributed by atoms with Crippen molar-refractivity contribution in [3.8, 4) is 0 Å². The largest absolute Gasteiger partial charge is 0.444 e. The Bertz CT molecular complexity index is 860. The molecule has 3 rings (SSSR count). The van der Waals surface area contributed by atoms with Gasteiger partial charge in [-0.3, -0.25) is 9.98 Å². The molecule has 1 atom stereocenters. The molecule has 1 fully saturated rings. The molecule has 1 aromatic heterocycles. The van der Waals surface area contributed by atoms with E-state index in [1.165, 1.54) is 5.39 Å². The number of aliphatic imine (C=N–C) groups is 1. The first-order valence-electron chi connectivity index (χ1n) is 9.63. The van der Waals surface area contributed by atoms with Gasteiger partial charge in [-0.1, -0.05) is 24.3 Å². The van der Waals surface area contributed by atoms with E-state index >= 15 is 0 Å². The van der Waals surface area contributed by atoms with Gasteiger partial charge >= 0.3 is 6.09 Å². The van der Waals surface area contributed by atoms with Gasteiger partial charge in [0.15, 0.2) is 5.96 Å². The average Bonchev–Trinajstić information content (AvgIpc) is 3.09. The number of ether oxygens (including phenoxy) is 1. The fraction of sp³-hybridized carbons (Fsp3) is 0.476. The van der Waals surface area contributed by atoms with Crippen molar-refractivity contribution in [1.82, 2.24) is 20.5 Å². The second kappa shape index (κ2) is 10.1. The molecule has 158 valence electrons. The van der Waals surface area contributed by atoms with Crippen molar-refractivity contribution >= 4 is 46.8 Å². The Morgan fingerprint density at radius 2 is 2.07 bits per heavy atom. The van der Waals surface area contributed by atoms with Crippen LogP contribution in [0.5, 0.6) is 0 Å². The number of benzene rings is 1. The predicted octanol–water partition coefficient (Wildman–Crippen LogP) is 3.53. The van der Waals surface area contributed by atoms with Crippen molar-refractivity contribution in [2.24, 2.45) is 4.99 Å². The highest BCUT2D eigenvalue weighted by Gasteiger charge is 2.27. The number of fused-ring (bicyclic) bond motifs is 1. The van der Waals surface area contributed by atoms with Crippen LogP contribution >= 0.6 is 24.0 Å². The Balaban J connectivity index is 0.00000300. The minimum absolute atomic E-state index is 0. The summed E-state index contributed by atoms with van der Waals surface area (Å²) in [5.74, 6) is 0.809. The minimum Gasteiger partial charge on any atom is -0.444 e. The molecule has 29 heavy (non-hydrogen) atoms. The van der Waals surface area contributed by atoms with Gasteiger partial charge in [0.25, 0.3) is 0 Å². The normalized spacial score (nSPS) is 17.0. The number of guanidine groups is 1. The zero-order valence-corrected chi connectivity index (χ0v) is 19.8. The van der Waals surface area contributed by atoms with E-state index in [1.807, 2.05) is 45.2 Å². The van der Waals surface area contributed by atoms with Gasteiger partial charge in [0, 0.05) is 31.7 Å². The lowest BCUT2D eigenvalue weighted by Gasteiger charge is -2.23. The zero-order valence-electron chi connectivity index (χ0n) is 17.4. The second-order valence-electron chi connectivity index (χ2n) is 7.96. The van der Waals surface area contributed by atoms with Crippen LogP contribution in [0.1, 0.15) is 32.9 Å². The lowest BCUT2D eigenvalue weighted by atomic mass is 10.1. The van der Waals surface area contributed by atoms with Crippen molar-refractivity contribution < 1.29 is 9.53 Å². The first-order valence-corrected chi connectivity index (χ1v) is 9.63. The average molecular weight is 511 g/mol. The molecule has 0 unspecified atom stereocenters. The maximum atomic E-state index is 12.0. The van der Waals surface area contributed by atoms with Crippen LogP contribution in [0.3, 0.4) is 0 Å². The van der Waals surface area contributed by atoms with E-state index in [9.17, 15) is 4.79 Å². The molecule has 1 aliphatic rings. The Hall–Kier alpha value is -2.10. The highest BCUT2D eigenvalue weighted by Crippen LogP contribution is 2.17. The fourth-order valence-electron chi connectivity index (χ4n) is 3.36. The van der Waals surface area contributed by atoms with E-state index in [2.05, 4.69) is 37.6 Å². The number of nitrogens with zero attached hydrogens (tertiary/aromatic N) is 3. The van der Waals surface area contributed by atoms with Gasteiger partial charge in [-0.15, -0.1) is 24.0 Å². The Kier molecular flexibility index (Phi) is 8.06. The molecule has 2 aromatic rings. The maximum Gasteiger partial charge on any atom is 0.407 e. The van der Waals surface area contributed by atoms with E-state index in [-0.39, 0.29) is 36.1 Å². The summed E-state index contributed by atoms with van der Waals surface area (Å²) >= 11 is 0. The number of halogens is 1. The van der Waals surface area contributed by atoms with Crippen molar-refractivity contribution in [1.29, 1.82) is 0 Å². The zero-order chi connectivity index (χ0) is 20.1. The summed E-state index contributed by atoms with van der Waals surface area (Å²) in [6, 6.07) is 10.3. The van der Waals surface area contributed by atoms with E-state index in [1.54, 1.807) is 7.05 Å². The molecule has 0 radical (unpaired) electrons. The first-order chi connectivity index (χ1) is 13.4. The SMILES string of the molecule is CN=C(NCc1nccc2ccccc12)N1CC[C@@H](NC(=O)OC(C)(C)C)C1.I. The van der Waals surface area contributed by atoms with Crippen LogP contribution in [0, 0.1) is 0 Å². The van der Waals surface area contributed by atoms with Crippen molar-refractivity contribution in [2.45, 2.75) is 45.4 Å². The predicted molar refractivity (Wildman–Crippen MR) is 127 cm³/mol. The number of aromatic nitrogens is 1. The summed E-state index contributed by atoms with van der Waals surface area (Å²) in [6.07, 6.45) is 2.31. The molecule has 1 saturated heterocycles. The first kappa shape index (κ1) is 23.2. The van der Waals surface area contributed by atoms with Crippen molar-refractivity contribution in [2.75, 3.05) is 20.1 Å². The second-order valence-corrected chi connectivity index (χ2v) is 7.96. The van der Waals surface area contributed by atoms with Crippen LogP contribution in [0.25, 0.3) is 10.8 Å². The van der Waals surface area contributed by atoms with Gasteiger partial charge < -0.3 is 20.3 Å². The Morgan fingerprint density at radius 1 is 1.31 bits per heavy atom. The van der Waals surface area contributed by atoms with E-state index in [0.717, 1.165) is 30.0 Å². The molecule has 2 heterocycles. The third kappa shape index (κ3) is 6.45. The van der Waals surface area contributed by atoms with Crippen molar-refractivity contribution in [3.63, 3.8) is 0 Å². The summed E-state index contributed by atoms with van der Waals surface area (Å²) < 4.78 is 5.35. The third-order valence-electron chi connectivity index (χ3n) is 4.59. The van der Waals surface area contributed by atoms with Crippen LogP contribution in [0.2, 0.25) is 0 Å². The van der Waals surface area contributed by atoms with Crippen LogP contribution in [-0.4, -0.2) is 53.7 Å². The standard InChI is InChI=1S/C21H29N5O2.HI/c1-21(2,3)28-20(27)25-16-10-12-26(14-16)19(22-4)24-13-18-17-8-6-5-7-15(17)9-11-23-18;/h5-9,11,16H,10,12-14H2,1-4H3,(H,22,24)(H,25,27);1H/t16-;/m1./s1. The number of likely N-dealkylation sites (tertiary alicyclic amines) is 1. The number of alkyl carbamates (subject to hydrolysis) is 1. The number of rotatable bonds is 3. The summed E-state index contributed by atoms with van der Waals surface area (Å²) in [5, 5.41) is 8.66. The highest BCUT2D eigenvalue weighted by molar-refractivity contribution is 14.0. The molecule has 0 aliphatic carbocycles. The Labute approximate surface area is 189 Å². The number of amides is 1. The van der Waals surface area contributed by atoms with E-state index in [4.69, 9.17) is 4.74 Å². The van der Waals surface area contributed by atoms with Gasteiger partial charge in [-0.25, -0.2) is 4.79 Å². The number of pyridine rings is 1. The van der Waals surface area contributed by atoms with E-state index in [0.29, 0.717) is 13.1 Å². The molecule has 8 heteroatoms. The summed E-state index contributed by atoms with van der Waals surface area (Å²) in [5.41, 5.74) is 0.493. The molecule has 0 bridgehead atoms. The number of carbonyl (C=O) groups excluding carboxylic acids is 1. The lowest BCUT2D eigenvalue weighted by Crippen LogP contribution is -2.44. The number of nitrogens with one attached hydrogen (secondary N) is 2. The number of hydrogen-bond acceptors (Lipinski definition) is 4. The molecule has 1 aromatic carbocycles. The minimum atomic E-state index is -0.495. The summed E-state index contributed by atoms with van der Waals surface area (Å²) in [6.45, 7) is 7.70. The fourth-order valence-corrected chi connectivity index (χ4v) is 3.36. The molecular weight excluding hydrogens is 481 g/mol. The summed E-state index contributed by atoms with van der Waals surface area (Å²) in [4.78, 5) is 23.1. The third-order valence-corrected chi connectivity index (χ3v) is 4.59. The highest BCUT2D eigenvalue weighted by atomic mass is 127.